The van der Waals surface area contributed by atoms with Gasteiger partial charge < -0.3 is 14.6 Å². The van der Waals surface area contributed by atoms with Crippen molar-refractivity contribution in [2.24, 2.45) is 0 Å². The molecule has 8 nitrogen and oxygen atoms in total. The summed E-state index contributed by atoms with van der Waals surface area (Å²) in [5, 5.41) is 13.3. The molecule has 0 aliphatic heterocycles. The third kappa shape index (κ3) is 3.14. The molecular weight excluding hydrogens is 266 g/mol. The zero-order chi connectivity index (χ0) is 14.7. The maximum absolute atomic E-state index is 12.0. The molecule has 108 valence electrons. The highest BCUT2D eigenvalue weighted by atomic mass is 16.6. The van der Waals surface area contributed by atoms with E-state index < -0.39 is 16.8 Å². The van der Waals surface area contributed by atoms with E-state index in [4.69, 9.17) is 0 Å². The van der Waals surface area contributed by atoms with Gasteiger partial charge in [-0.05, 0) is 12.8 Å². The fraction of sp³-hybridized carbons (Fsp3) is 0.500. The maximum atomic E-state index is 12.0. The minimum absolute atomic E-state index is 0.0640. The predicted octanol–water partition coefficient (Wildman–Crippen LogP) is 1.02. The number of carbonyl (C=O) groups is 2. The summed E-state index contributed by atoms with van der Waals surface area (Å²) in [5.41, 5.74) is 0.152. The molecule has 1 saturated carbocycles. The number of nitrogens with zero attached hydrogens (tertiary/aromatic N) is 2. The van der Waals surface area contributed by atoms with Gasteiger partial charge in [0.15, 0.2) is 0 Å². The zero-order valence-corrected chi connectivity index (χ0v) is 11.0. The number of nitrogens with one attached hydrogen (secondary N) is 1. The smallest absolute Gasteiger partial charge is 0.307 e. The van der Waals surface area contributed by atoms with Gasteiger partial charge in [0.25, 0.3) is 11.6 Å². The number of nitro groups is 1. The molecule has 1 aromatic rings. The van der Waals surface area contributed by atoms with Gasteiger partial charge in [0.1, 0.15) is 5.69 Å². The molecule has 1 amide bonds. The monoisotopic (exact) mass is 281 g/mol. The third-order valence-electron chi connectivity index (χ3n) is 3.06. The van der Waals surface area contributed by atoms with Gasteiger partial charge in [0.05, 0.1) is 24.7 Å². The molecule has 0 atom stereocenters. The molecule has 0 radical (unpaired) electrons. The highest BCUT2D eigenvalue weighted by Crippen LogP contribution is 2.37. The average Bonchev–Trinajstić information content (AvgIpc) is 3.16. The minimum Gasteiger partial charge on any atom is -0.469 e. The lowest BCUT2D eigenvalue weighted by atomic mass is 10.3. The molecule has 1 fully saturated rings. The van der Waals surface area contributed by atoms with Crippen LogP contribution < -0.4 is 5.32 Å². The summed E-state index contributed by atoms with van der Waals surface area (Å²) in [5.74, 6) is -0.845. The molecule has 1 N–H and O–H groups in total. The second kappa shape index (κ2) is 5.72. The van der Waals surface area contributed by atoms with E-state index in [1.54, 1.807) is 4.57 Å². The van der Waals surface area contributed by atoms with Crippen LogP contribution in [0, 0.1) is 10.1 Å². The normalized spacial score (nSPS) is 13.8. The van der Waals surface area contributed by atoms with Crippen LogP contribution >= 0.6 is 0 Å². The van der Waals surface area contributed by atoms with E-state index in [-0.39, 0.29) is 30.4 Å². The molecule has 1 aromatic heterocycles. The van der Waals surface area contributed by atoms with Crippen LogP contribution in [0.15, 0.2) is 12.3 Å². The molecule has 0 saturated heterocycles. The first-order valence-corrected chi connectivity index (χ1v) is 6.24. The minimum atomic E-state index is -0.524. The Morgan fingerprint density at radius 3 is 2.80 bits per heavy atom. The summed E-state index contributed by atoms with van der Waals surface area (Å²) >= 11 is 0. The Hall–Kier alpha value is -2.38. The second-order valence-electron chi connectivity index (χ2n) is 4.56. The van der Waals surface area contributed by atoms with E-state index in [0.717, 1.165) is 12.8 Å². The molecule has 20 heavy (non-hydrogen) atoms. The lowest BCUT2D eigenvalue weighted by molar-refractivity contribution is -0.384. The third-order valence-corrected chi connectivity index (χ3v) is 3.06. The number of ether oxygens (including phenoxy) is 1. The lowest BCUT2D eigenvalue weighted by Crippen LogP contribution is -2.28. The van der Waals surface area contributed by atoms with Gasteiger partial charge in [-0.25, -0.2) is 0 Å². The van der Waals surface area contributed by atoms with Crippen LogP contribution in [0.1, 0.15) is 35.8 Å². The molecule has 2 rings (SSSR count). The molecule has 1 aliphatic carbocycles. The van der Waals surface area contributed by atoms with Crippen LogP contribution in [0.4, 0.5) is 5.69 Å². The zero-order valence-electron chi connectivity index (χ0n) is 11.0. The molecule has 0 bridgehead atoms. The van der Waals surface area contributed by atoms with Crippen molar-refractivity contribution in [1.29, 1.82) is 0 Å². The fourth-order valence-electron chi connectivity index (χ4n) is 1.87. The van der Waals surface area contributed by atoms with Crippen LogP contribution in [0.3, 0.4) is 0 Å². The second-order valence-corrected chi connectivity index (χ2v) is 4.56. The number of hydrogen-bond donors (Lipinski definition) is 1. The van der Waals surface area contributed by atoms with Crippen LogP contribution in [0.2, 0.25) is 0 Å². The Morgan fingerprint density at radius 1 is 1.55 bits per heavy atom. The van der Waals surface area contributed by atoms with Crippen molar-refractivity contribution in [2.75, 3.05) is 13.7 Å². The number of methoxy groups -OCH3 is 1. The summed E-state index contributed by atoms with van der Waals surface area (Å²) in [6, 6.07) is 1.41. The SMILES string of the molecule is COC(=O)CCNC(=O)c1cc([N+](=O)[O-])cn1C1CC1. The number of carbonyl (C=O) groups excluding carboxylic acids is 2. The summed E-state index contributed by atoms with van der Waals surface area (Å²) in [6.45, 7) is 0.134. The summed E-state index contributed by atoms with van der Waals surface area (Å²) in [7, 11) is 1.27. The summed E-state index contributed by atoms with van der Waals surface area (Å²) in [6.07, 6.45) is 3.27. The quantitative estimate of drug-likeness (QED) is 0.476. The Morgan fingerprint density at radius 2 is 2.25 bits per heavy atom. The Bertz CT molecular complexity index is 547. The highest BCUT2D eigenvalue weighted by Gasteiger charge is 2.30. The van der Waals surface area contributed by atoms with Crippen molar-refractivity contribution in [3.8, 4) is 0 Å². The van der Waals surface area contributed by atoms with Crippen molar-refractivity contribution in [3.05, 3.63) is 28.1 Å². The van der Waals surface area contributed by atoms with Crippen LogP contribution in [-0.4, -0.2) is 35.0 Å². The van der Waals surface area contributed by atoms with Crippen LogP contribution in [0.25, 0.3) is 0 Å². The molecule has 0 aromatic carbocycles. The van der Waals surface area contributed by atoms with Crippen molar-refractivity contribution in [3.63, 3.8) is 0 Å². The number of rotatable bonds is 6. The standard InChI is InChI=1S/C12H15N3O5/c1-20-11(16)4-5-13-12(17)10-6-9(15(18)19)7-14(10)8-2-3-8/h6-8H,2-5H2,1H3,(H,13,17). The molecule has 1 heterocycles. The Balaban J connectivity index is 2.04. The molecule has 0 spiro atoms. The fourth-order valence-corrected chi connectivity index (χ4v) is 1.87. The topological polar surface area (TPSA) is 103 Å². The van der Waals surface area contributed by atoms with Crippen molar-refractivity contribution in [1.82, 2.24) is 9.88 Å². The van der Waals surface area contributed by atoms with Crippen molar-refractivity contribution >= 4 is 17.6 Å². The number of hydrogen-bond acceptors (Lipinski definition) is 5. The van der Waals surface area contributed by atoms with Crippen LogP contribution in [-0.2, 0) is 9.53 Å². The first-order valence-electron chi connectivity index (χ1n) is 6.24. The van der Waals surface area contributed by atoms with Gasteiger partial charge in [-0.2, -0.15) is 0 Å². The summed E-state index contributed by atoms with van der Waals surface area (Å²) in [4.78, 5) is 33.2. The van der Waals surface area contributed by atoms with Crippen LogP contribution in [0.5, 0.6) is 0 Å². The Kier molecular flexibility index (Phi) is 4.02. The van der Waals surface area contributed by atoms with Gasteiger partial charge in [-0.1, -0.05) is 0 Å². The molecule has 0 unspecified atom stereocenters. The highest BCUT2D eigenvalue weighted by molar-refractivity contribution is 5.93. The molecule has 8 heteroatoms. The van der Waals surface area contributed by atoms with E-state index in [1.807, 2.05) is 0 Å². The van der Waals surface area contributed by atoms with Gasteiger partial charge >= 0.3 is 5.97 Å². The molecular formula is C12H15N3O5. The number of amides is 1. The largest absolute Gasteiger partial charge is 0.469 e. The molecule has 1 aliphatic rings. The summed E-state index contributed by atoms with van der Waals surface area (Å²) < 4.78 is 6.09. The van der Waals surface area contributed by atoms with E-state index >= 15 is 0 Å². The number of aromatic nitrogens is 1. The number of esters is 1. The average molecular weight is 281 g/mol. The van der Waals surface area contributed by atoms with Gasteiger partial charge in [-0.3, -0.25) is 19.7 Å². The predicted molar refractivity (Wildman–Crippen MR) is 68.3 cm³/mol. The van der Waals surface area contributed by atoms with Crippen molar-refractivity contribution < 1.29 is 19.2 Å². The Labute approximate surface area is 114 Å². The maximum Gasteiger partial charge on any atom is 0.307 e. The van der Waals surface area contributed by atoms with E-state index in [1.165, 1.54) is 19.4 Å². The van der Waals surface area contributed by atoms with Gasteiger partial charge in [0.2, 0.25) is 0 Å². The van der Waals surface area contributed by atoms with E-state index in [9.17, 15) is 19.7 Å². The first-order chi connectivity index (χ1) is 9.52. The lowest BCUT2D eigenvalue weighted by Gasteiger charge is -2.07. The van der Waals surface area contributed by atoms with E-state index in [0.29, 0.717) is 0 Å². The van der Waals surface area contributed by atoms with E-state index in [2.05, 4.69) is 10.1 Å². The van der Waals surface area contributed by atoms with Gasteiger partial charge in [0, 0.05) is 18.7 Å². The van der Waals surface area contributed by atoms with Gasteiger partial charge in [-0.15, -0.1) is 0 Å². The van der Waals surface area contributed by atoms with Crippen molar-refractivity contribution in [2.45, 2.75) is 25.3 Å². The first kappa shape index (κ1) is 14.0.